The summed E-state index contributed by atoms with van der Waals surface area (Å²) in [4.78, 5) is 42.0. The van der Waals surface area contributed by atoms with Crippen LogP contribution >= 0.6 is 0 Å². The fourth-order valence-corrected chi connectivity index (χ4v) is 18.7. The number of aldehydes is 1. The number of carboxylic acid groups (broad SMARTS) is 1. The molecule has 0 amide bonds. The highest BCUT2D eigenvalue weighted by Crippen LogP contribution is 2.76. The average Bonchev–Trinajstić information content (AvgIpc) is 0.675. The second-order valence-electron chi connectivity index (χ2n) is 30.7. The molecule has 0 bridgehead atoms. The van der Waals surface area contributed by atoms with Crippen molar-refractivity contribution in [3.8, 4) is 0 Å². The number of rotatable bonds is 15. The molecule has 542 valence electrons. The maximum absolute atomic E-state index is 15.6. The van der Waals surface area contributed by atoms with E-state index in [1.807, 2.05) is 0 Å². The van der Waals surface area contributed by atoms with E-state index < -0.39 is 237 Å². The fraction of sp³-hybridized carbons (Fsp3) is 0.922. The Bertz CT molecular complexity index is 2760. The molecule has 4 saturated carbocycles. The maximum Gasteiger partial charge on any atom is 0.335 e. The molecule has 10 fully saturated rings. The summed E-state index contributed by atoms with van der Waals surface area (Å²) in [5.74, 6) is -2.98. The molecule has 16 N–H and O–H groups in total. The van der Waals surface area contributed by atoms with E-state index >= 15 is 4.79 Å². The highest BCUT2D eigenvalue weighted by Gasteiger charge is 2.71. The van der Waals surface area contributed by atoms with Crippen LogP contribution in [0, 0.1) is 50.2 Å². The van der Waals surface area contributed by atoms with Crippen molar-refractivity contribution in [1.29, 1.82) is 0 Å². The number of hydrogen-bond acceptors (Lipinski definition) is 30. The topological polar surface area (TPSA) is 486 Å². The molecule has 6 heterocycles. The summed E-state index contributed by atoms with van der Waals surface area (Å²) in [5.41, 5.74) is -2.94. The van der Waals surface area contributed by atoms with Gasteiger partial charge < -0.3 is 143 Å². The minimum atomic E-state index is -2.08. The van der Waals surface area contributed by atoms with Gasteiger partial charge in [0.2, 0.25) is 6.29 Å². The molecule has 0 aromatic carbocycles. The van der Waals surface area contributed by atoms with Gasteiger partial charge in [0, 0.05) is 0 Å². The van der Waals surface area contributed by atoms with Crippen molar-refractivity contribution in [2.75, 3.05) is 19.8 Å². The number of hydrogen-bond donors (Lipinski definition) is 16. The number of fused-ring (bicyclic) bond motifs is 7. The van der Waals surface area contributed by atoms with Crippen LogP contribution in [-0.4, -0.2) is 298 Å². The van der Waals surface area contributed by atoms with Crippen LogP contribution in [0.1, 0.15) is 120 Å². The second kappa shape index (κ2) is 27.3. The predicted molar refractivity (Wildman–Crippen MR) is 314 cm³/mol. The predicted octanol–water partition coefficient (Wildman–Crippen LogP) is -3.78. The van der Waals surface area contributed by atoms with Crippen molar-refractivity contribution in [3.05, 3.63) is 11.6 Å². The Kier molecular flexibility index (Phi) is 21.1. The van der Waals surface area contributed by atoms with E-state index in [1.165, 1.54) is 13.8 Å². The molecule has 31 nitrogen and oxygen atoms in total. The first kappa shape index (κ1) is 73.5. The maximum atomic E-state index is 15.6. The number of aliphatic hydroxyl groups is 15. The van der Waals surface area contributed by atoms with Gasteiger partial charge in [-0.15, -0.1) is 0 Å². The summed E-state index contributed by atoms with van der Waals surface area (Å²) in [6.07, 6.45) is -40.6. The third-order valence-corrected chi connectivity index (χ3v) is 24.7. The Labute approximate surface area is 549 Å². The summed E-state index contributed by atoms with van der Waals surface area (Å²) in [6, 6.07) is 0. The largest absolute Gasteiger partial charge is 0.479 e. The summed E-state index contributed by atoms with van der Waals surface area (Å²) in [5, 5.41) is 173. The minimum Gasteiger partial charge on any atom is -0.479 e. The van der Waals surface area contributed by atoms with Gasteiger partial charge in [0.25, 0.3) is 0 Å². The van der Waals surface area contributed by atoms with Crippen LogP contribution in [0.4, 0.5) is 0 Å². The van der Waals surface area contributed by atoms with Gasteiger partial charge >= 0.3 is 11.9 Å². The Balaban J connectivity index is 0.789. The average molecular weight is 1370 g/mol. The monoisotopic (exact) mass is 1360 g/mol. The van der Waals surface area contributed by atoms with Crippen LogP contribution < -0.4 is 0 Å². The summed E-state index contributed by atoms with van der Waals surface area (Å²) in [6.45, 7) is 14.1. The Morgan fingerprint density at radius 2 is 1.11 bits per heavy atom. The smallest absolute Gasteiger partial charge is 0.335 e. The second-order valence-corrected chi connectivity index (χ2v) is 30.7. The lowest BCUT2D eigenvalue weighted by atomic mass is 9.33. The quantitative estimate of drug-likeness (QED) is 0.0324. The molecule has 11 aliphatic rings. The van der Waals surface area contributed by atoms with Gasteiger partial charge in [0.05, 0.1) is 49.0 Å². The third-order valence-electron chi connectivity index (χ3n) is 24.7. The highest BCUT2D eigenvalue weighted by molar-refractivity contribution is 5.79. The molecular weight excluding hydrogens is 1260 g/mol. The van der Waals surface area contributed by atoms with Crippen molar-refractivity contribution < 1.29 is 153 Å². The molecule has 0 radical (unpaired) electrons. The van der Waals surface area contributed by atoms with E-state index in [-0.39, 0.29) is 29.6 Å². The number of aliphatic carboxylic acids is 1. The van der Waals surface area contributed by atoms with Crippen LogP contribution in [0.15, 0.2) is 11.6 Å². The normalized spacial score (nSPS) is 54.7. The molecule has 5 aliphatic carbocycles. The molecule has 95 heavy (non-hydrogen) atoms. The Morgan fingerprint density at radius 3 is 1.78 bits per heavy atom. The number of carbonyl (C=O) groups excluding carboxylic acids is 2. The SMILES string of the molecule is C[C@@H]1O[C@@H](O[C@H]2[C@H](OC(=O)[C@]34CCC(C)(C)C[C@H]3C3=CC[C@@H]5[C@@]6(C)CC[C@H](O[C@@H]7O[C@H](C(=O)O)[C@@H](O)[C@H](O[C@@H]8O[C@H](CO)[C@H](O)[C@H](O)[C@H]8O)[C@H]7O)[C@@](C)(C=O)[C@@H]6CC[C@@]5(C)[C@]3(C)CC4)O[C@H](C)[C@H](O)[C@@H]2O)[C@H](O)[C@H](O)[C@H]1O[C@@H]1OC[C@@H](O)[C@H](O[C@@H]2OC[C@@H](O)[C@H](O)[C@H]2O)[C@H]1O. The lowest BCUT2D eigenvalue weighted by Gasteiger charge is -2.71. The van der Waals surface area contributed by atoms with Crippen LogP contribution in [0.25, 0.3) is 0 Å². The van der Waals surface area contributed by atoms with Crippen LogP contribution in [-0.2, 0) is 71.2 Å². The zero-order valence-electron chi connectivity index (χ0n) is 54.6. The van der Waals surface area contributed by atoms with E-state index in [0.29, 0.717) is 57.8 Å². The fourth-order valence-electron chi connectivity index (χ4n) is 18.7. The summed E-state index contributed by atoms with van der Waals surface area (Å²) < 4.78 is 70.8. The first-order chi connectivity index (χ1) is 44.5. The van der Waals surface area contributed by atoms with Gasteiger partial charge in [0.1, 0.15) is 116 Å². The zero-order valence-corrected chi connectivity index (χ0v) is 54.6. The first-order valence-electron chi connectivity index (χ1n) is 33.4. The lowest BCUT2D eigenvalue weighted by molar-refractivity contribution is -0.378. The summed E-state index contributed by atoms with van der Waals surface area (Å²) in [7, 11) is 0. The zero-order chi connectivity index (χ0) is 69.3. The molecule has 0 aromatic rings. The number of aliphatic hydroxyl groups excluding tert-OH is 15. The van der Waals surface area contributed by atoms with Crippen LogP contribution in [0.3, 0.4) is 0 Å². The van der Waals surface area contributed by atoms with Crippen molar-refractivity contribution in [3.63, 3.8) is 0 Å². The highest BCUT2D eigenvalue weighted by atomic mass is 16.8. The Hall–Kier alpha value is -2.69. The molecule has 0 aromatic heterocycles. The number of allylic oxidation sites excluding steroid dienone is 2. The van der Waals surface area contributed by atoms with Crippen molar-refractivity contribution >= 4 is 18.2 Å². The molecule has 31 heteroatoms. The van der Waals surface area contributed by atoms with Crippen molar-refractivity contribution in [1.82, 2.24) is 0 Å². The number of carbonyl (C=O) groups is 3. The van der Waals surface area contributed by atoms with E-state index in [1.54, 1.807) is 6.92 Å². The molecule has 37 atom stereocenters. The van der Waals surface area contributed by atoms with E-state index in [0.717, 1.165) is 11.9 Å². The number of ether oxygens (including phenoxy) is 12. The van der Waals surface area contributed by atoms with Crippen LogP contribution in [0.2, 0.25) is 0 Å². The van der Waals surface area contributed by atoms with Gasteiger partial charge in [-0.05, 0) is 117 Å². The molecular formula is C64H100O31. The summed E-state index contributed by atoms with van der Waals surface area (Å²) >= 11 is 0. The van der Waals surface area contributed by atoms with Crippen LogP contribution in [0.5, 0.6) is 0 Å². The Morgan fingerprint density at radius 1 is 0.537 bits per heavy atom. The molecule has 6 aliphatic heterocycles. The number of esters is 1. The van der Waals surface area contributed by atoms with Gasteiger partial charge in [-0.25, -0.2) is 4.79 Å². The van der Waals surface area contributed by atoms with Gasteiger partial charge in [-0.2, -0.15) is 0 Å². The van der Waals surface area contributed by atoms with Gasteiger partial charge in [0.15, 0.2) is 43.7 Å². The third kappa shape index (κ3) is 12.5. The van der Waals surface area contributed by atoms with Crippen molar-refractivity contribution in [2.24, 2.45) is 50.2 Å². The molecule has 6 saturated heterocycles. The number of carboxylic acids is 1. The molecule has 11 rings (SSSR count). The minimum absolute atomic E-state index is 0.0270. The van der Waals surface area contributed by atoms with E-state index in [9.17, 15) is 91.3 Å². The van der Waals surface area contributed by atoms with Gasteiger partial charge in [-0.3, -0.25) is 4.79 Å². The van der Waals surface area contributed by atoms with Crippen molar-refractivity contribution in [2.45, 2.75) is 298 Å². The standard InChI is InChI=1S/C64H100O31/c1-24-34(69)38(73)50(94-54-42(77)39(74)46(25(2)87-54)90-53-44(79)47(29(68)22-85-53)91-52-40(75)35(70)28(67)21-84-52)57(86-24)95-58(83)64-17-15-59(3,4)19-27(64)26-9-10-32-60(5)13-12-33(61(6,23-66)31(60)11-14-63(32,8)62(26,7)16-18-64)89-56-45(80)48(43(78)49(93-56)51(81)82)92-55-41(76)37(72)36(71)30(20-65)88-55/h9,23-25,27-50,52-57,65,67-80H,10-22H2,1-8H3,(H,81,82)/t24-,25+,27+,28-,29-,30-,31-,32-,33+,34+,35+,36+,37+,38+,39+,40-,41-,42-,43+,44-,45-,46+,47+,48+,49+,50-,52+,53+,54+,55+,56-,57+,60+,61+,62-,63-,64+/m1/s1. The molecule has 0 spiro atoms. The van der Waals surface area contributed by atoms with E-state index in [4.69, 9.17) is 56.8 Å². The lowest BCUT2D eigenvalue weighted by Crippen LogP contribution is -2.68. The molecule has 0 unspecified atom stereocenters. The van der Waals surface area contributed by atoms with E-state index in [2.05, 4.69) is 40.7 Å². The van der Waals surface area contributed by atoms with Gasteiger partial charge in [-0.1, -0.05) is 53.2 Å². The first-order valence-corrected chi connectivity index (χ1v) is 33.4.